The predicted molar refractivity (Wildman–Crippen MR) is 66.4 cm³/mol. The molecule has 16 heavy (non-hydrogen) atoms. The molecule has 92 valence electrons. The Morgan fingerprint density at radius 1 is 1.12 bits per heavy atom. The largest absolute Gasteiger partial charge is 0.342 e. The number of nitrogens with zero attached hydrogens (tertiary/aromatic N) is 1. The van der Waals surface area contributed by atoms with E-state index in [-0.39, 0.29) is 5.91 Å². The molecular formula is C12H23N3O. The zero-order chi connectivity index (χ0) is 12.0. The Hall–Kier alpha value is -1.06. The summed E-state index contributed by atoms with van der Waals surface area (Å²) in [7, 11) is 0. The van der Waals surface area contributed by atoms with Gasteiger partial charge in [-0.2, -0.15) is 0 Å². The van der Waals surface area contributed by atoms with Crippen molar-refractivity contribution in [3.05, 3.63) is 0 Å². The van der Waals surface area contributed by atoms with Crippen LogP contribution in [0.25, 0.3) is 0 Å². The summed E-state index contributed by atoms with van der Waals surface area (Å²) in [4.78, 5) is 16.3. The summed E-state index contributed by atoms with van der Waals surface area (Å²) in [6.45, 7) is 7.05. The van der Waals surface area contributed by atoms with E-state index < -0.39 is 5.54 Å². The molecule has 0 aromatic heterocycles. The van der Waals surface area contributed by atoms with Crippen LogP contribution in [-0.4, -0.2) is 24.0 Å². The number of guanidine groups is 1. The van der Waals surface area contributed by atoms with Gasteiger partial charge in [-0.3, -0.25) is 15.1 Å². The van der Waals surface area contributed by atoms with Crippen molar-refractivity contribution < 1.29 is 4.79 Å². The molecule has 0 aromatic rings. The van der Waals surface area contributed by atoms with Crippen LogP contribution >= 0.6 is 0 Å². The minimum atomic E-state index is -0.407. The van der Waals surface area contributed by atoms with Gasteiger partial charge in [0.15, 0.2) is 5.96 Å². The van der Waals surface area contributed by atoms with Crippen molar-refractivity contribution in [3.63, 3.8) is 0 Å². The lowest BCUT2D eigenvalue weighted by Crippen LogP contribution is -2.46. The molecule has 0 bridgehead atoms. The fraction of sp³-hybridized carbons (Fsp3) is 0.833. The number of aliphatic imine (C=N–C) groups is 1. The summed E-state index contributed by atoms with van der Waals surface area (Å²) in [6, 6.07) is 0. The van der Waals surface area contributed by atoms with Gasteiger partial charge in [-0.25, -0.2) is 0 Å². The second kappa shape index (κ2) is 5.87. The molecule has 1 aliphatic rings. The van der Waals surface area contributed by atoms with Crippen LogP contribution in [0.4, 0.5) is 0 Å². The van der Waals surface area contributed by atoms with E-state index in [1.165, 1.54) is 0 Å². The highest BCUT2D eigenvalue weighted by Crippen LogP contribution is 2.23. The molecule has 1 aliphatic heterocycles. The summed E-state index contributed by atoms with van der Waals surface area (Å²) in [5.74, 6) is 0.750. The van der Waals surface area contributed by atoms with Crippen LogP contribution in [0.1, 0.15) is 52.9 Å². The smallest absolute Gasteiger partial charge is 0.252 e. The molecule has 0 aromatic carbocycles. The van der Waals surface area contributed by atoms with Gasteiger partial charge in [-0.15, -0.1) is 0 Å². The Morgan fingerprint density at radius 2 is 1.75 bits per heavy atom. The number of amides is 1. The summed E-state index contributed by atoms with van der Waals surface area (Å²) in [6.07, 6.45) is 4.74. The van der Waals surface area contributed by atoms with Crippen molar-refractivity contribution in [3.8, 4) is 0 Å². The molecule has 0 saturated carbocycles. The molecule has 0 spiro atoms. The van der Waals surface area contributed by atoms with Crippen LogP contribution in [0, 0.1) is 0 Å². The SMILES string of the molecule is CCCN=C1NC(=O)C(CCC)(CCC)N1. The molecule has 0 radical (unpaired) electrons. The summed E-state index contributed by atoms with van der Waals surface area (Å²) < 4.78 is 0. The number of carbonyl (C=O) groups is 1. The maximum Gasteiger partial charge on any atom is 0.252 e. The first-order valence-electron chi connectivity index (χ1n) is 6.32. The molecule has 4 heteroatoms. The van der Waals surface area contributed by atoms with Crippen LogP contribution < -0.4 is 10.6 Å². The Kier molecular flexibility index (Phi) is 4.77. The van der Waals surface area contributed by atoms with E-state index in [2.05, 4.69) is 36.4 Å². The lowest BCUT2D eigenvalue weighted by molar-refractivity contribution is -0.124. The number of carbonyl (C=O) groups excluding carboxylic acids is 1. The molecule has 0 aliphatic carbocycles. The van der Waals surface area contributed by atoms with Crippen molar-refractivity contribution in [2.75, 3.05) is 6.54 Å². The fourth-order valence-electron chi connectivity index (χ4n) is 2.18. The molecular weight excluding hydrogens is 202 g/mol. The van der Waals surface area contributed by atoms with Crippen molar-refractivity contribution in [1.29, 1.82) is 0 Å². The van der Waals surface area contributed by atoms with Crippen LogP contribution in [0.2, 0.25) is 0 Å². The van der Waals surface area contributed by atoms with E-state index in [9.17, 15) is 4.79 Å². The second-order valence-electron chi connectivity index (χ2n) is 4.39. The zero-order valence-corrected chi connectivity index (χ0v) is 10.6. The third-order valence-electron chi connectivity index (χ3n) is 2.87. The summed E-state index contributed by atoms with van der Waals surface area (Å²) in [5.41, 5.74) is -0.407. The van der Waals surface area contributed by atoms with E-state index in [4.69, 9.17) is 0 Å². The Bertz CT molecular complexity index is 267. The van der Waals surface area contributed by atoms with Crippen molar-refractivity contribution in [1.82, 2.24) is 10.6 Å². The van der Waals surface area contributed by atoms with Gasteiger partial charge in [0, 0.05) is 6.54 Å². The van der Waals surface area contributed by atoms with Gasteiger partial charge < -0.3 is 5.32 Å². The molecule has 0 unspecified atom stereocenters. The third-order valence-corrected chi connectivity index (χ3v) is 2.87. The van der Waals surface area contributed by atoms with Gasteiger partial charge in [0.2, 0.25) is 0 Å². The normalized spacial score (nSPS) is 20.9. The number of hydrogen-bond donors (Lipinski definition) is 2. The summed E-state index contributed by atoms with van der Waals surface area (Å²) in [5, 5.41) is 6.13. The summed E-state index contributed by atoms with van der Waals surface area (Å²) >= 11 is 0. The van der Waals surface area contributed by atoms with E-state index >= 15 is 0 Å². The average molecular weight is 225 g/mol. The van der Waals surface area contributed by atoms with Crippen molar-refractivity contribution >= 4 is 11.9 Å². The van der Waals surface area contributed by atoms with E-state index in [1.807, 2.05) is 0 Å². The van der Waals surface area contributed by atoms with Gasteiger partial charge in [0.05, 0.1) is 0 Å². The van der Waals surface area contributed by atoms with Crippen LogP contribution in [0.5, 0.6) is 0 Å². The van der Waals surface area contributed by atoms with Gasteiger partial charge in [0.25, 0.3) is 5.91 Å². The zero-order valence-electron chi connectivity index (χ0n) is 10.6. The standard InChI is InChI=1S/C12H23N3O/c1-4-7-12(8-5-2)10(16)14-11(15-12)13-9-6-3/h4-9H2,1-3H3,(H2,13,14,15,16). The molecule has 1 rings (SSSR count). The van der Waals surface area contributed by atoms with Crippen LogP contribution in [0.3, 0.4) is 0 Å². The van der Waals surface area contributed by atoms with Crippen LogP contribution in [-0.2, 0) is 4.79 Å². The molecule has 4 nitrogen and oxygen atoms in total. The molecule has 2 N–H and O–H groups in total. The average Bonchev–Trinajstić information content (AvgIpc) is 2.54. The quantitative estimate of drug-likeness (QED) is 0.724. The number of rotatable bonds is 6. The fourth-order valence-corrected chi connectivity index (χ4v) is 2.18. The molecule has 1 fully saturated rings. The molecule has 0 atom stereocenters. The minimum absolute atomic E-state index is 0.0889. The van der Waals surface area contributed by atoms with E-state index in [1.54, 1.807) is 0 Å². The minimum Gasteiger partial charge on any atom is -0.342 e. The second-order valence-corrected chi connectivity index (χ2v) is 4.39. The predicted octanol–water partition coefficient (Wildman–Crippen LogP) is 1.81. The molecule has 1 heterocycles. The first-order valence-corrected chi connectivity index (χ1v) is 6.32. The van der Waals surface area contributed by atoms with Crippen LogP contribution in [0.15, 0.2) is 4.99 Å². The first-order chi connectivity index (χ1) is 7.68. The first kappa shape index (κ1) is 13.0. The Balaban J connectivity index is 2.75. The third kappa shape index (κ3) is 2.74. The molecule has 1 saturated heterocycles. The maximum absolute atomic E-state index is 12.0. The maximum atomic E-state index is 12.0. The topological polar surface area (TPSA) is 53.5 Å². The lowest BCUT2D eigenvalue weighted by Gasteiger charge is -2.25. The van der Waals surface area contributed by atoms with Crippen molar-refractivity contribution in [2.45, 2.75) is 58.4 Å². The monoisotopic (exact) mass is 225 g/mol. The van der Waals surface area contributed by atoms with Gasteiger partial charge in [0.1, 0.15) is 5.54 Å². The van der Waals surface area contributed by atoms with Gasteiger partial charge >= 0.3 is 0 Å². The highest BCUT2D eigenvalue weighted by atomic mass is 16.2. The Labute approximate surface area is 97.9 Å². The van der Waals surface area contributed by atoms with Gasteiger partial charge in [-0.05, 0) is 19.3 Å². The lowest BCUT2D eigenvalue weighted by atomic mass is 9.89. The Morgan fingerprint density at radius 3 is 2.25 bits per heavy atom. The van der Waals surface area contributed by atoms with Crippen molar-refractivity contribution in [2.24, 2.45) is 4.99 Å². The number of hydrogen-bond acceptors (Lipinski definition) is 2. The van der Waals surface area contributed by atoms with E-state index in [0.717, 1.165) is 38.6 Å². The van der Waals surface area contributed by atoms with E-state index in [0.29, 0.717) is 5.96 Å². The van der Waals surface area contributed by atoms with Gasteiger partial charge in [-0.1, -0.05) is 33.6 Å². The highest BCUT2D eigenvalue weighted by Gasteiger charge is 2.43. The molecule has 1 amide bonds. The number of nitrogens with one attached hydrogen (secondary N) is 2. The highest BCUT2D eigenvalue weighted by molar-refractivity contribution is 6.09.